The molecule has 126 valence electrons. The van der Waals surface area contributed by atoms with Gasteiger partial charge in [0.05, 0.1) is 31.7 Å². The van der Waals surface area contributed by atoms with Gasteiger partial charge >= 0.3 is 0 Å². The third-order valence-corrected chi connectivity index (χ3v) is 3.92. The van der Waals surface area contributed by atoms with Crippen LogP contribution >= 0.6 is 0 Å². The fourth-order valence-corrected chi connectivity index (χ4v) is 2.66. The molecule has 24 heavy (non-hydrogen) atoms. The molecule has 0 atom stereocenters. The van der Waals surface area contributed by atoms with Crippen LogP contribution in [0.3, 0.4) is 0 Å². The Morgan fingerprint density at radius 3 is 2.67 bits per heavy atom. The van der Waals surface area contributed by atoms with Crippen molar-refractivity contribution in [2.24, 2.45) is 0 Å². The number of nitrogens with one attached hydrogen (secondary N) is 1. The molecule has 1 aliphatic heterocycles. The number of nitrogens with zero attached hydrogens (tertiary/aromatic N) is 1. The van der Waals surface area contributed by atoms with Crippen molar-refractivity contribution in [3.05, 3.63) is 53.8 Å². The molecule has 0 unspecified atom stereocenters. The minimum absolute atomic E-state index is 0.111. The number of methoxy groups -OCH3 is 1. The fourth-order valence-electron chi connectivity index (χ4n) is 2.66. The maximum absolute atomic E-state index is 13.8. The van der Waals surface area contributed by atoms with Crippen molar-refractivity contribution in [3.63, 3.8) is 0 Å². The highest BCUT2D eigenvalue weighted by Gasteiger charge is 2.17. The number of carbonyl (C=O) groups is 1. The molecule has 0 aromatic heterocycles. The van der Waals surface area contributed by atoms with Crippen molar-refractivity contribution < 1.29 is 18.7 Å². The van der Waals surface area contributed by atoms with Crippen LogP contribution in [0.15, 0.2) is 42.5 Å². The van der Waals surface area contributed by atoms with Gasteiger partial charge in [0.15, 0.2) is 11.6 Å². The summed E-state index contributed by atoms with van der Waals surface area (Å²) in [6.07, 6.45) is 0. The first kappa shape index (κ1) is 16.3. The molecule has 2 aromatic carbocycles. The van der Waals surface area contributed by atoms with Gasteiger partial charge in [0, 0.05) is 18.7 Å². The molecule has 1 amide bonds. The van der Waals surface area contributed by atoms with E-state index in [1.54, 1.807) is 0 Å². The van der Waals surface area contributed by atoms with E-state index in [0.717, 1.165) is 18.8 Å². The quantitative estimate of drug-likeness (QED) is 0.936. The number of halogens is 1. The van der Waals surface area contributed by atoms with Gasteiger partial charge in [0.2, 0.25) is 0 Å². The molecule has 2 aromatic rings. The number of carbonyl (C=O) groups excluding carboxylic acids is 1. The van der Waals surface area contributed by atoms with Crippen LogP contribution in [0.2, 0.25) is 0 Å². The average molecular weight is 330 g/mol. The third kappa shape index (κ3) is 3.49. The van der Waals surface area contributed by atoms with E-state index in [1.165, 1.54) is 25.3 Å². The first-order valence-corrected chi connectivity index (χ1v) is 7.75. The Hall–Kier alpha value is -2.60. The van der Waals surface area contributed by atoms with Crippen molar-refractivity contribution in [2.45, 2.75) is 0 Å². The molecular formula is C18H19FN2O3. The van der Waals surface area contributed by atoms with Crippen molar-refractivity contribution in [2.75, 3.05) is 43.6 Å². The minimum atomic E-state index is -0.563. The number of para-hydroxylation sites is 2. The highest BCUT2D eigenvalue weighted by Crippen LogP contribution is 2.27. The molecular weight excluding hydrogens is 311 g/mol. The molecule has 1 fully saturated rings. The van der Waals surface area contributed by atoms with Crippen molar-refractivity contribution >= 4 is 17.3 Å². The zero-order chi connectivity index (χ0) is 16.9. The molecule has 0 radical (unpaired) electrons. The van der Waals surface area contributed by atoms with Gasteiger partial charge in [0.25, 0.3) is 5.91 Å². The molecule has 5 nitrogen and oxygen atoms in total. The first-order valence-electron chi connectivity index (χ1n) is 7.75. The van der Waals surface area contributed by atoms with E-state index in [2.05, 4.69) is 10.2 Å². The van der Waals surface area contributed by atoms with Crippen LogP contribution < -0.4 is 15.0 Å². The summed E-state index contributed by atoms with van der Waals surface area (Å²) in [7, 11) is 1.39. The molecule has 0 saturated carbocycles. The Bertz CT molecular complexity index is 730. The fraction of sp³-hybridized carbons (Fsp3) is 0.278. The summed E-state index contributed by atoms with van der Waals surface area (Å²) < 4.78 is 24.0. The number of rotatable bonds is 4. The lowest BCUT2D eigenvalue weighted by Gasteiger charge is -2.30. The molecule has 6 heteroatoms. The van der Waals surface area contributed by atoms with E-state index in [0.29, 0.717) is 18.9 Å². The second kappa shape index (κ2) is 7.31. The van der Waals surface area contributed by atoms with Crippen LogP contribution in [0.5, 0.6) is 5.75 Å². The number of morpholine rings is 1. The Morgan fingerprint density at radius 1 is 1.21 bits per heavy atom. The number of hydrogen-bond donors (Lipinski definition) is 1. The van der Waals surface area contributed by atoms with Crippen LogP contribution in [-0.2, 0) is 4.74 Å². The van der Waals surface area contributed by atoms with Crippen molar-refractivity contribution in [1.29, 1.82) is 0 Å². The Balaban J connectivity index is 1.80. The summed E-state index contributed by atoms with van der Waals surface area (Å²) in [6.45, 7) is 2.85. The predicted octanol–water partition coefficient (Wildman–Crippen LogP) is 2.92. The smallest absolute Gasteiger partial charge is 0.255 e. The highest BCUT2D eigenvalue weighted by molar-refractivity contribution is 6.06. The summed E-state index contributed by atoms with van der Waals surface area (Å²) in [5.74, 6) is -0.816. The van der Waals surface area contributed by atoms with Gasteiger partial charge in [-0.25, -0.2) is 4.39 Å². The zero-order valence-corrected chi connectivity index (χ0v) is 13.4. The highest BCUT2D eigenvalue weighted by atomic mass is 19.1. The van der Waals surface area contributed by atoms with Crippen molar-refractivity contribution in [1.82, 2.24) is 0 Å². The number of anilines is 2. The normalized spacial score (nSPS) is 14.3. The third-order valence-electron chi connectivity index (χ3n) is 3.92. The summed E-state index contributed by atoms with van der Waals surface area (Å²) >= 11 is 0. The van der Waals surface area contributed by atoms with E-state index in [9.17, 15) is 9.18 Å². The monoisotopic (exact) mass is 330 g/mol. The Kier molecular flexibility index (Phi) is 4.96. The van der Waals surface area contributed by atoms with Crippen molar-refractivity contribution in [3.8, 4) is 5.75 Å². The number of benzene rings is 2. The lowest BCUT2D eigenvalue weighted by Crippen LogP contribution is -2.36. The molecule has 0 spiro atoms. The van der Waals surface area contributed by atoms with Gasteiger partial charge in [0.1, 0.15) is 0 Å². The van der Waals surface area contributed by atoms with E-state index < -0.39 is 5.82 Å². The number of hydrogen-bond acceptors (Lipinski definition) is 4. The standard InChI is InChI=1S/C18H19FN2O3/c1-23-17-7-6-13(12-14(17)19)18(22)20-15-4-2-3-5-16(15)21-8-10-24-11-9-21/h2-7,12H,8-11H2,1H3,(H,20,22). The number of amides is 1. The lowest BCUT2D eigenvalue weighted by atomic mass is 10.1. The van der Waals surface area contributed by atoms with Crippen LogP contribution in [0, 0.1) is 5.82 Å². The van der Waals surface area contributed by atoms with Gasteiger partial charge in [-0.1, -0.05) is 12.1 Å². The van der Waals surface area contributed by atoms with E-state index in [-0.39, 0.29) is 17.2 Å². The molecule has 1 aliphatic rings. The molecule has 0 bridgehead atoms. The molecule has 1 N–H and O–H groups in total. The van der Waals surface area contributed by atoms with Gasteiger partial charge in [-0.15, -0.1) is 0 Å². The molecule has 3 rings (SSSR count). The van der Waals surface area contributed by atoms with Gasteiger partial charge < -0.3 is 19.7 Å². The summed E-state index contributed by atoms with van der Waals surface area (Å²) in [5, 5.41) is 2.86. The van der Waals surface area contributed by atoms with Gasteiger partial charge in [-0.05, 0) is 30.3 Å². The van der Waals surface area contributed by atoms with Crippen LogP contribution in [0.25, 0.3) is 0 Å². The lowest BCUT2D eigenvalue weighted by molar-refractivity contribution is 0.102. The van der Waals surface area contributed by atoms with Crippen LogP contribution in [0.4, 0.5) is 15.8 Å². The Morgan fingerprint density at radius 2 is 1.96 bits per heavy atom. The summed E-state index contributed by atoms with van der Waals surface area (Å²) in [5.41, 5.74) is 1.87. The van der Waals surface area contributed by atoms with Gasteiger partial charge in [-0.3, -0.25) is 4.79 Å². The topological polar surface area (TPSA) is 50.8 Å². The maximum atomic E-state index is 13.8. The summed E-state index contributed by atoms with van der Waals surface area (Å²) in [4.78, 5) is 14.6. The average Bonchev–Trinajstić information content (AvgIpc) is 2.63. The predicted molar refractivity (Wildman–Crippen MR) is 90.4 cm³/mol. The van der Waals surface area contributed by atoms with Crippen LogP contribution in [-0.4, -0.2) is 39.3 Å². The molecule has 1 saturated heterocycles. The van der Waals surface area contributed by atoms with E-state index >= 15 is 0 Å². The second-order valence-corrected chi connectivity index (χ2v) is 5.42. The number of ether oxygens (including phenoxy) is 2. The minimum Gasteiger partial charge on any atom is -0.494 e. The maximum Gasteiger partial charge on any atom is 0.255 e. The van der Waals surface area contributed by atoms with E-state index in [1.807, 2.05) is 24.3 Å². The zero-order valence-electron chi connectivity index (χ0n) is 13.4. The first-order chi connectivity index (χ1) is 11.7. The molecule has 1 heterocycles. The Labute approximate surface area is 140 Å². The van der Waals surface area contributed by atoms with Crippen LogP contribution in [0.1, 0.15) is 10.4 Å². The summed E-state index contributed by atoms with van der Waals surface area (Å²) in [6, 6.07) is 11.7. The second-order valence-electron chi connectivity index (χ2n) is 5.42. The molecule has 0 aliphatic carbocycles. The van der Waals surface area contributed by atoms with E-state index in [4.69, 9.17) is 9.47 Å². The SMILES string of the molecule is COc1ccc(C(=O)Nc2ccccc2N2CCOCC2)cc1F. The van der Waals surface area contributed by atoms with Gasteiger partial charge in [-0.2, -0.15) is 0 Å². The largest absolute Gasteiger partial charge is 0.494 e.